The molecule has 196 valence electrons. The third kappa shape index (κ3) is 4.90. The summed E-state index contributed by atoms with van der Waals surface area (Å²) in [4.78, 5) is 26.6. The number of nitrogens with one attached hydrogen (secondary N) is 2. The van der Waals surface area contributed by atoms with Crippen LogP contribution in [0.2, 0.25) is 5.02 Å². The maximum absolute atomic E-state index is 13.3. The SMILES string of the molecule is Cc1nc(NC2CCN(C)CC2)n2c1C(=O)N(Cc1nc([C@@H]3CO[C@@H](c4ccc(Cl)cc4)C3)no1)CN2. The summed E-state index contributed by atoms with van der Waals surface area (Å²) in [6, 6.07) is 8.03. The van der Waals surface area contributed by atoms with Crippen molar-refractivity contribution < 1.29 is 14.1 Å². The molecule has 1 aromatic carbocycles. The van der Waals surface area contributed by atoms with Gasteiger partial charge in [0.05, 0.1) is 18.4 Å². The van der Waals surface area contributed by atoms with Gasteiger partial charge < -0.3 is 29.8 Å². The van der Waals surface area contributed by atoms with E-state index in [4.69, 9.17) is 20.9 Å². The predicted octanol–water partition coefficient (Wildman–Crippen LogP) is 3.14. The summed E-state index contributed by atoms with van der Waals surface area (Å²) < 4.78 is 13.3. The molecule has 12 heteroatoms. The van der Waals surface area contributed by atoms with Crippen LogP contribution >= 0.6 is 11.6 Å². The molecule has 0 radical (unpaired) electrons. The Balaban J connectivity index is 1.09. The van der Waals surface area contributed by atoms with E-state index in [-0.39, 0.29) is 24.5 Å². The van der Waals surface area contributed by atoms with Gasteiger partial charge in [-0.2, -0.15) is 4.98 Å². The topological polar surface area (TPSA) is 114 Å². The molecule has 11 nitrogen and oxygen atoms in total. The highest BCUT2D eigenvalue weighted by atomic mass is 35.5. The number of benzene rings is 1. The lowest BCUT2D eigenvalue weighted by atomic mass is 10.0. The number of aryl methyl sites for hydroxylation is 1. The number of hydrogen-bond acceptors (Lipinski definition) is 9. The molecule has 0 saturated carbocycles. The Morgan fingerprint density at radius 1 is 1.19 bits per heavy atom. The summed E-state index contributed by atoms with van der Waals surface area (Å²) in [6.45, 7) is 5.00. The number of anilines is 1. The lowest BCUT2D eigenvalue weighted by Crippen LogP contribution is -2.45. The van der Waals surface area contributed by atoms with Crippen molar-refractivity contribution in [3.05, 3.63) is 58.0 Å². The van der Waals surface area contributed by atoms with Gasteiger partial charge >= 0.3 is 0 Å². The lowest BCUT2D eigenvalue weighted by Gasteiger charge is -2.32. The zero-order chi connectivity index (χ0) is 25.5. The molecule has 0 unspecified atom stereocenters. The summed E-state index contributed by atoms with van der Waals surface area (Å²) in [6.07, 6.45) is 2.82. The molecule has 5 heterocycles. The largest absolute Gasteiger partial charge is 0.373 e. The molecule has 3 aliphatic rings. The Morgan fingerprint density at radius 2 is 1.97 bits per heavy atom. The fourth-order valence-corrected chi connectivity index (χ4v) is 5.38. The highest BCUT2D eigenvalue weighted by Gasteiger charge is 2.34. The van der Waals surface area contributed by atoms with Crippen LogP contribution in [0.1, 0.15) is 64.7 Å². The second-order valence-corrected chi connectivity index (χ2v) is 10.5. The molecule has 2 saturated heterocycles. The van der Waals surface area contributed by atoms with Gasteiger partial charge in [0, 0.05) is 17.0 Å². The summed E-state index contributed by atoms with van der Waals surface area (Å²) in [5.74, 6) is 1.61. The van der Waals surface area contributed by atoms with Crippen molar-refractivity contribution in [3.8, 4) is 0 Å². The van der Waals surface area contributed by atoms with E-state index < -0.39 is 0 Å². The van der Waals surface area contributed by atoms with E-state index in [0.29, 0.717) is 53.4 Å². The van der Waals surface area contributed by atoms with Crippen molar-refractivity contribution in [1.29, 1.82) is 0 Å². The fraction of sp³-hybridized carbons (Fsp3) is 0.520. The summed E-state index contributed by atoms with van der Waals surface area (Å²) in [5, 5.41) is 8.41. The van der Waals surface area contributed by atoms with E-state index in [1.54, 1.807) is 9.58 Å². The van der Waals surface area contributed by atoms with Gasteiger partial charge in [0.15, 0.2) is 11.5 Å². The monoisotopic (exact) mass is 526 g/mol. The first-order valence-corrected chi connectivity index (χ1v) is 13.1. The van der Waals surface area contributed by atoms with Crippen LogP contribution in [0.25, 0.3) is 0 Å². The van der Waals surface area contributed by atoms with Crippen molar-refractivity contribution in [3.63, 3.8) is 0 Å². The standard InChI is InChI=1S/C25H31ClN8O3/c1-15-22-24(35)33(14-27-34(22)25(28-15)29-19-7-9-32(2)10-8-19)12-21-30-23(31-37-21)17-11-20(36-13-17)16-3-5-18(26)6-4-16/h3-6,17,19-20,27H,7-14H2,1-2H3,(H,28,29)/t17-,20+/m0/s1. The van der Waals surface area contributed by atoms with Gasteiger partial charge in [-0.3, -0.25) is 4.79 Å². The number of carbonyl (C=O) groups is 1. The number of halogens is 1. The Bertz CT molecular complexity index is 1270. The number of rotatable bonds is 6. The van der Waals surface area contributed by atoms with Gasteiger partial charge in [0.25, 0.3) is 5.91 Å². The van der Waals surface area contributed by atoms with Crippen LogP contribution in [0.3, 0.4) is 0 Å². The third-order valence-electron chi connectivity index (χ3n) is 7.43. The Hall–Kier alpha value is -3.15. The van der Waals surface area contributed by atoms with Crippen LogP contribution in [0.4, 0.5) is 5.95 Å². The number of imidazole rings is 1. The number of likely N-dealkylation sites (tertiary alicyclic amines) is 1. The molecule has 1 amide bonds. The molecule has 37 heavy (non-hydrogen) atoms. The van der Waals surface area contributed by atoms with Gasteiger partial charge in [-0.1, -0.05) is 28.9 Å². The second kappa shape index (κ2) is 9.96. The molecule has 2 atom stereocenters. The van der Waals surface area contributed by atoms with Crippen LogP contribution in [0.15, 0.2) is 28.8 Å². The third-order valence-corrected chi connectivity index (χ3v) is 7.68. The van der Waals surface area contributed by atoms with Crippen LogP contribution in [-0.2, 0) is 11.3 Å². The van der Waals surface area contributed by atoms with E-state index in [2.05, 4.69) is 37.8 Å². The number of amides is 1. The first-order valence-electron chi connectivity index (χ1n) is 12.7. The van der Waals surface area contributed by atoms with E-state index in [1.165, 1.54) is 0 Å². The van der Waals surface area contributed by atoms with Crippen LogP contribution in [0, 0.1) is 6.92 Å². The molecular weight excluding hydrogens is 496 g/mol. The minimum absolute atomic E-state index is 0.0299. The smallest absolute Gasteiger partial charge is 0.276 e. The first-order chi connectivity index (χ1) is 17.9. The van der Waals surface area contributed by atoms with Gasteiger partial charge in [0.2, 0.25) is 11.8 Å². The molecule has 3 aliphatic heterocycles. The fourth-order valence-electron chi connectivity index (χ4n) is 5.25. The van der Waals surface area contributed by atoms with Crippen molar-refractivity contribution in [2.45, 2.75) is 50.8 Å². The van der Waals surface area contributed by atoms with Crippen molar-refractivity contribution >= 4 is 23.5 Å². The maximum atomic E-state index is 13.3. The summed E-state index contributed by atoms with van der Waals surface area (Å²) >= 11 is 6.00. The van der Waals surface area contributed by atoms with Crippen LogP contribution in [-0.4, -0.2) is 75.0 Å². The summed E-state index contributed by atoms with van der Waals surface area (Å²) in [5.41, 5.74) is 5.59. The number of aromatic nitrogens is 4. The van der Waals surface area contributed by atoms with Crippen molar-refractivity contribution in [2.24, 2.45) is 0 Å². The number of nitrogens with zero attached hydrogens (tertiary/aromatic N) is 6. The average Bonchev–Trinajstić information content (AvgIpc) is 3.62. The minimum Gasteiger partial charge on any atom is -0.373 e. The van der Waals surface area contributed by atoms with E-state index in [1.807, 2.05) is 31.2 Å². The van der Waals surface area contributed by atoms with Crippen LogP contribution < -0.4 is 10.7 Å². The zero-order valence-electron chi connectivity index (χ0n) is 21.0. The lowest BCUT2D eigenvalue weighted by molar-refractivity contribution is 0.0696. The molecule has 2 N–H and O–H groups in total. The number of piperidine rings is 1. The first kappa shape index (κ1) is 24.2. The van der Waals surface area contributed by atoms with E-state index in [0.717, 1.165) is 37.9 Å². The predicted molar refractivity (Wildman–Crippen MR) is 137 cm³/mol. The summed E-state index contributed by atoms with van der Waals surface area (Å²) in [7, 11) is 2.14. The van der Waals surface area contributed by atoms with Crippen molar-refractivity contribution in [2.75, 3.05) is 44.2 Å². The van der Waals surface area contributed by atoms with E-state index in [9.17, 15) is 4.79 Å². The van der Waals surface area contributed by atoms with Gasteiger partial charge in [0.1, 0.15) is 13.2 Å². The zero-order valence-corrected chi connectivity index (χ0v) is 21.7. The average molecular weight is 527 g/mol. The molecular formula is C25H31ClN8O3. The molecule has 2 fully saturated rings. The van der Waals surface area contributed by atoms with E-state index >= 15 is 0 Å². The molecule has 0 bridgehead atoms. The highest BCUT2D eigenvalue weighted by molar-refractivity contribution is 6.30. The van der Waals surface area contributed by atoms with Gasteiger partial charge in [-0.25, -0.2) is 9.66 Å². The number of carbonyl (C=O) groups excluding carboxylic acids is 1. The Morgan fingerprint density at radius 3 is 2.76 bits per heavy atom. The normalized spacial score (nSPS) is 22.8. The molecule has 0 aliphatic carbocycles. The Labute approximate surface area is 220 Å². The highest BCUT2D eigenvalue weighted by Crippen LogP contribution is 2.37. The maximum Gasteiger partial charge on any atom is 0.276 e. The quantitative estimate of drug-likeness (QED) is 0.500. The van der Waals surface area contributed by atoms with Gasteiger partial charge in [-0.05, 0) is 64.0 Å². The molecule has 6 rings (SSSR count). The van der Waals surface area contributed by atoms with Crippen molar-refractivity contribution in [1.82, 2.24) is 29.6 Å². The number of fused-ring (bicyclic) bond motifs is 1. The van der Waals surface area contributed by atoms with Crippen LogP contribution in [0.5, 0.6) is 0 Å². The van der Waals surface area contributed by atoms with Gasteiger partial charge in [-0.15, -0.1) is 0 Å². The molecule has 2 aromatic heterocycles. The minimum atomic E-state index is -0.119. The number of hydrogen-bond donors (Lipinski definition) is 2. The molecule has 3 aromatic rings. The molecule has 0 spiro atoms. The second-order valence-electron chi connectivity index (χ2n) is 10.1. The Kier molecular flexibility index (Phi) is 6.51. The number of ether oxygens (including phenoxy) is 1.